The van der Waals surface area contributed by atoms with Crippen molar-refractivity contribution in [1.29, 1.82) is 5.26 Å². The normalized spacial score (nSPS) is 9.85. The molecule has 4 nitrogen and oxygen atoms in total. The summed E-state index contributed by atoms with van der Waals surface area (Å²) in [5.41, 5.74) is 2.22. The first-order valence-corrected chi connectivity index (χ1v) is 6.16. The van der Waals surface area contributed by atoms with E-state index in [4.69, 9.17) is 19.8 Å². The van der Waals surface area contributed by atoms with Crippen LogP contribution in [0.4, 0.5) is 0 Å². The molecule has 2 rings (SSSR count). The molecule has 0 unspecified atom stereocenters. The van der Waals surface area contributed by atoms with Crippen molar-refractivity contribution in [2.24, 2.45) is 0 Å². The number of hydrogen-bond donors (Lipinski definition) is 1. The van der Waals surface area contributed by atoms with E-state index in [9.17, 15) is 0 Å². The van der Waals surface area contributed by atoms with E-state index in [0.717, 1.165) is 11.1 Å². The van der Waals surface area contributed by atoms with Crippen LogP contribution in [-0.4, -0.2) is 12.2 Å². The van der Waals surface area contributed by atoms with E-state index in [1.807, 2.05) is 24.3 Å². The summed E-state index contributed by atoms with van der Waals surface area (Å²) in [5, 5.41) is 18.0. The topological polar surface area (TPSA) is 62.5 Å². The minimum atomic E-state index is -0.0120. The summed E-state index contributed by atoms with van der Waals surface area (Å²) in [7, 11) is 1.53. The van der Waals surface area contributed by atoms with Gasteiger partial charge in [-0.2, -0.15) is 5.26 Å². The van der Waals surface area contributed by atoms with Crippen molar-refractivity contribution in [3.05, 3.63) is 59.2 Å². The second-order valence-corrected chi connectivity index (χ2v) is 4.24. The van der Waals surface area contributed by atoms with E-state index >= 15 is 0 Å². The number of benzene rings is 2. The largest absolute Gasteiger partial charge is 0.495 e. The molecular weight excluding hydrogens is 254 g/mol. The lowest BCUT2D eigenvalue weighted by Crippen LogP contribution is -1.98. The Morgan fingerprint density at radius 1 is 1.15 bits per heavy atom. The fraction of sp³-hybridized carbons (Fsp3) is 0.188. The number of hydrogen-bond acceptors (Lipinski definition) is 4. The molecule has 0 saturated heterocycles. The molecule has 0 aromatic heterocycles. The summed E-state index contributed by atoms with van der Waals surface area (Å²) in [6, 6.07) is 14.7. The van der Waals surface area contributed by atoms with Gasteiger partial charge in [0.2, 0.25) is 0 Å². The number of aliphatic hydroxyl groups excluding tert-OH is 1. The molecule has 2 aromatic rings. The fourth-order valence-electron chi connectivity index (χ4n) is 1.82. The molecule has 0 amide bonds. The molecular formula is C16H15NO3. The van der Waals surface area contributed by atoms with E-state index < -0.39 is 0 Å². The fourth-order valence-corrected chi connectivity index (χ4v) is 1.82. The van der Waals surface area contributed by atoms with Gasteiger partial charge in [-0.05, 0) is 35.4 Å². The maximum Gasteiger partial charge on any atom is 0.137 e. The highest BCUT2D eigenvalue weighted by Gasteiger charge is 2.04. The molecule has 0 radical (unpaired) electrons. The molecule has 1 N–H and O–H groups in total. The van der Waals surface area contributed by atoms with E-state index in [0.29, 0.717) is 23.7 Å². The SMILES string of the molecule is COc1cc(COc2cccc(CO)c2)ccc1C#N. The summed E-state index contributed by atoms with van der Waals surface area (Å²) < 4.78 is 10.8. The lowest BCUT2D eigenvalue weighted by molar-refractivity contribution is 0.278. The molecule has 0 aliphatic carbocycles. The molecule has 0 spiro atoms. The Hall–Kier alpha value is -2.51. The lowest BCUT2D eigenvalue weighted by Gasteiger charge is -2.09. The first-order chi connectivity index (χ1) is 9.76. The van der Waals surface area contributed by atoms with E-state index in [-0.39, 0.29) is 6.61 Å². The molecule has 0 atom stereocenters. The molecule has 0 saturated carbocycles. The molecule has 0 aliphatic heterocycles. The Morgan fingerprint density at radius 3 is 2.70 bits per heavy atom. The standard InChI is InChI=1S/C16H15NO3/c1-19-16-8-13(5-6-14(16)9-17)11-20-15-4-2-3-12(7-15)10-18/h2-8,18H,10-11H2,1H3. The van der Waals surface area contributed by atoms with E-state index in [2.05, 4.69) is 6.07 Å². The highest BCUT2D eigenvalue weighted by atomic mass is 16.5. The maximum atomic E-state index is 9.07. The van der Waals surface area contributed by atoms with Crippen LogP contribution in [0.1, 0.15) is 16.7 Å². The van der Waals surface area contributed by atoms with Crippen molar-refractivity contribution in [3.63, 3.8) is 0 Å². The summed E-state index contributed by atoms with van der Waals surface area (Å²) in [6.45, 7) is 0.360. The zero-order valence-corrected chi connectivity index (χ0v) is 11.2. The third kappa shape index (κ3) is 3.28. The van der Waals surface area contributed by atoms with Gasteiger partial charge in [-0.25, -0.2) is 0 Å². The second kappa shape index (κ2) is 6.60. The predicted molar refractivity (Wildman–Crippen MR) is 74.4 cm³/mol. The van der Waals surface area contributed by atoms with Crippen molar-refractivity contribution in [3.8, 4) is 17.6 Å². The van der Waals surface area contributed by atoms with Gasteiger partial charge in [0.1, 0.15) is 24.2 Å². The van der Waals surface area contributed by atoms with Gasteiger partial charge in [-0.3, -0.25) is 0 Å². The Bertz CT molecular complexity index is 632. The van der Waals surface area contributed by atoms with Crippen LogP contribution in [0.5, 0.6) is 11.5 Å². The van der Waals surface area contributed by atoms with Gasteiger partial charge in [-0.15, -0.1) is 0 Å². The van der Waals surface area contributed by atoms with E-state index in [1.54, 1.807) is 18.2 Å². The second-order valence-electron chi connectivity index (χ2n) is 4.24. The zero-order valence-electron chi connectivity index (χ0n) is 11.2. The summed E-state index contributed by atoms with van der Waals surface area (Å²) >= 11 is 0. The lowest BCUT2D eigenvalue weighted by atomic mass is 10.1. The Labute approximate surface area is 117 Å². The van der Waals surface area contributed by atoms with Gasteiger partial charge in [0.15, 0.2) is 0 Å². The quantitative estimate of drug-likeness (QED) is 0.906. The van der Waals surface area contributed by atoms with Crippen LogP contribution >= 0.6 is 0 Å². The monoisotopic (exact) mass is 269 g/mol. The van der Waals surface area contributed by atoms with Gasteiger partial charge in [0.25, 0.3) is 0 Å². The summed E-state index contributed by atoms with van der Waals surface area (Å²) in [4.78, 5) is 0. The van der Waals surface area contributed by atoms with Gasteiger partial charge >= 0.3 is 0 Å². The highest BCUT2D eigenvalue weighted by molar-refractivity contribution is 5.45. The minimum Gasteiger partial charge on any atom is -0.495 e. The first-order valence-electron chi connectivity index (χ1n) is 6.16. The van der Waals surface area contributed by atoms with Crippen LogP contribution in [-0.2, 0) is 13.2 Å². The van der Waals surface area contributed by atoms with Crippen molar-refractivity contribution in [2.75, 3.05) is 7.11 Å². The van der Waals surface area contributed by atoms with Gasteiger partial charge in [-0.1, -0.05) is 18.2 Å². The smallest absolute Gasteiger partial charge is 0.137 e. The highest BCUT2D eigenvalue weighted by Crippen LogP contribution is 2.21. The molecule has 0 aliphatic rings. The van der Waals surface area contributed by atoms with E-state index in [1.165, 1.54) is 7.11 Å². The molecule has 4 heteroatoms. The Morgan fingerprint density at radius 2 is 2.00 bits per heavy atom. The number of aliphatic hydroxyl groups is 1. The number of nitriles is 1. The Kier molecular flexibility index (Phi) is 4.59. The third-order valence-corrected chi connectivity index (χ3v) is 2.87. The van der Waals surface area contributed by atoms with Crippen molar-refractivity contribution >= 4 is 0 Å². The number of rotatable bonds is 5. The van der Waals surface area contributed by atoms with Crippen LogP contribution in [0.15, 0.2) is 42.5 Å². The molecule has 0 bridgehead atoms. The molecule has 20 heavy (non-hydrogen) atoms. The van der Waals surface area contributed by atoms with Crippen LogP contribution in [0, 0.1) is 11.3 Å². The van der Waals surface area contributed by atoms with Crippen LogP contribution < -0.4 is 9.47 Å². The van der Waals surface area contributed by atoms with Gasteiger partial charge in [0.05, 0.1) is 19.3 Å². The average Bonchev–Trinajstić information content (AvgIpc) is 2.52. The molecule has 2 aromatic carbocycles. The third-order valence-electron chi connectivity index (χ3n) is 2.87. The average molecular weight is 269 g/mol. The summed E-state index contributed by atoms with van der Waals surface area (Å²) in [6.07, 6.45) is 0. The maximum absolute atomic E-state index is 9.07. The van der Waals surface area contributed by atoms with Gasteiger partial charge < -0.3 is 14.6 Å². The predicted octanol–water partition coefficient (Wildman–Crippen LogP) is 2.64. The van der Waals surface area contributed by atoms with Gasteiger partial charge in [0, 0.05) is 0 Å². The van der Waals surface area contributed by atoms with Crippen LogP contribution in [0.2, 0.25) is 0 Å². The number of ether oxygens (including phenoxy) is 2. The first kappa shape index (κ1) is 13.9. The van der Waals surface area contributed by atoms with Crippen LogP contribution in [0.3, 0.4) is 0 Å². The number of nitrogens with zero attached hydrogens (tertiary/aromatic N) is 1. The van der Waals surface area contributed by atoms with Crippen LogP contribution in [0.25, 0.3) is 0 Å². The zero-order chi connectivity index (χ0) is 14.4. The van der Waals surface area contributed by atoms with Crippen molar-refractivity contribution in [2.45, 2.75) is 13.2 Å². The minimum absolute atomic E-state index is 0.0120. The van der Waals surface area contributed by atoms with Crippen molar-refractivity contribution in [1.82, 2.24) is 0 Å². The molecule has 102 valence electrons. The molecule has 0 fully saturated rings. The Balaban J connectivity index is 2.09. The molecule has 0 heterocycles. The summed E-state index contributed by atoms with van der Waals surface area (Å²) in [5.74, 6) is 1.23. The van der Waals surface area contributed by atoms with Crippen molar-refractivity contribution < 1.29 is 14.6 Å². The number of methoxy groups -OCH3 is 1.